The van der Waals surface area contributed by atoms with E-state index in [1.54, 1.807) is 0 Å². The lowest BCUT2D eigenvalue weighted by molar-refractivity contribution is 0.322. The van der Waals surface area contributed by atoms with E-state index in [0.29, 0.717) is 13.0 Å². The van der Waals surface area contributed by atoms with Gasteiger partial charge in [0.25, 0.3) is 0 Å². The highest BCUT2D eigenvalue weighted by molar-refractivity contribution is 7.89. The number of hydrogen-bond acceptors (Lipinski definition) is 3. The Kier molecular flexibility index (Phi) is 5.04. The summed E-state index contributed by atoms with van der Waals surface area (Å²) in [7, 11) is -3.84. The molecule has 4 nitrogen and oxygen atoms in total. The average molecular weight is 310 g/mol. The molecule has 0 radical (unpaired) electrons. The second-order valence-electron chi connectivity index (χ2n) is 3.82. The van der Waals surface area contributed by atoms with Crippen molar-refractivity contribution in [1.82, 2.24) is 0 Å². The molecule has 0 unspecified atom stereocenters. The molecule has 7 heteroatoms. The molecule has 0 saturated heterocycles. The second kappa shape index (κ2) is 5.93. The molecule has 1 aromatic rings. The number of sulfonamides is 1. The highest BCUT2D eigenvalue weighted by Gasteiger charge is 2.15. The standard InChI is InChI=1S/C11H13Cl2NO3S/c1-7(2)3-4-17-11-9(12)5-8(6-10(11)13)18(14,15)16/h5-6H,1,3-4H2,2H3,(H2,14,15,16). The van der Waals surface area contributed by atoms with Crippen LogP contribution in [0.25, 0.3) is 0 Å². The number of ether oxygens (including phenoxy) is 1. The highest BCUT2D eigenvalue weighted by Crippen LogP contribution is 2.35. The molecule has 0 atom stereocenters. The molecule has 0 bridgehead atoms. The van der Waals surface area contributed by atoms with E-state index < -0.39 is 10.0 Å². The summed E-state index contributed by atoms with van der Waals surface area (Å²) in [6.45, 7) is 5.97. The van der Waals surface area contributed by atoms with E-state index in [1.165, 1.54) is 12.1 Å². The molecule has 0 aromatic heterocycles. The Balaban J connectivity index is 2.99. The van der Waals surface area contributed by atoms with E-state index in [1.807, 2.05) is 6.92 Å². The Morgan fingerprint density at radius 2 is 1.89 bits per heavy atom. The van der Waals surface area contributed by atoms with Crippen LogP contribution in [0, 0.1) is 0 Å². The first-order chi connectivity index (χ1) is 8.21. The van der Waals surface area contributed by atoms with Crippen LogP contribution in [0.5, 0.6) is 5.75 Å². The van der Waals surface area contributed by atoms with Crippen molar-refractivity contribution in [2.75, 3.05) is 6.61 Å². The van der Waals surface area contributed by atoms with Gasteiger partial charge in [-0.1, -0.05) is 28.8 Å². The highest BCUT2D eigenvalue weighted by atomic mass is 35.5. The predicted molar refractivity (Wildman–Crippen MR) is 72.8 cm³/mol. The number of benzene rings is 1. The molecule has 18 heavy (non-hydrogen) atoms. The maximum absolute atomic E-state index is 11.2. The monoisotopic (exact) mass is 309 g/mol. The normalized spacial score (nSPS) is 11.3. The number of nitrogens with two attached hydrogens (primary N) is 1. The van der Waals surface area contributed by atoms with Crippen molar-refractivity contribution in [3.05, 3.63) is 34.3 Å². The number of hydrogen-bond donors (Lipinski definition) is 1. The smallest absolute Gasteiger partial charge is 0.238 e. The molecule has 100 valence electrons. The Morgan fingerprint density at radius 3 is 2.28 bits per heavy atom. The molecule has 1 rings (SSSR count). The van der Waals surface area contributed by atoms with Gasteiger partial charge in [0.1, 0.15) is 0 Å². The summed E-state index contributed by atoms with van der Waals surface area (Å²) in [6.07, 6.45) is 0.656. The molecular formula is C11H13Cl2NO3S. The molecule has 2 N–H and O–H groups in total. The molecular weight excluding hydrogens is 297 g/mol. The summed E-state index contributed by atoms with van der Waals surface area (Å²) in [5.41, 5.74) is 0.961. The van der Waals surface area contributed by atoms with Crippen LogP contribution in [-0.4, -0.2) is 15.0 Å². The van der Waals surface area contributed by atoms with Crippen molar-refractivity contribution in [3.8, 4) is 5.75 Å². The summed E-state index contributed by atoms with van der Waals surface area (Å²) >= 11 is 11.8. The van der Waals surface area contributed by atoms with Gasteiger partial charge in [0.05, 0.1) is 21.5 Å². The van der Waals surface area contributed by atoms with Crippen molar-refractivity contribution < 1.29 is 13.2 Å². The first-order valence-corrected chi connectivity index (χ1v) is 7.31. The van der Waals surface area contributed by atoms with Gasteiger partial charge in [-0.15, -0.1) is 6.58 Å². The van der Waals surface area contributed by atoms with Crippen LogP contribution >= 0.6 is 23.2 Å². The van der Waals surface area contributed by atoms with Crippen LogP contribution in [-0.2, 0) is 10.0 Å². The predicted octanol–water partition coefficient (Wildman–Crippen LogP) is 2.99. The van der Waals surface area contributed by atoms with Gasteiger partial charge >= 0.3 is 0 Å². The van der Waals surface area contributed by atoms with Crippen molar-refractivity contribution in [2.45, 2.75) is 18.2 Å². The number of primary sulfonamides is 1. The van der Waals surface area contributed by atoms with Crippen LogP contribution in [0.3, 0.4) is 0 Å². The van der Waals surface area contributed by atoms with Crippen LogP contribution in [0.15, 0.2) is 29.2 Å². The molecule has 0 aliphatic heterocycles. The van der Waals surface area contributed by atoms with Gasteiger partial charge in [0.2, 0.25) is 10.0 Å². The van der Waals surface area contributed by atoms with E-state index in [9.17, 15) is 8.42 Å². The van der Waals surface area contributed by atoms with Crippen molar-refractivity contribution in [3.63, 3.8) is 0 Å². The maximum atomic E-state index is 11.2. The van der Waals surface area contributed by atoms with Crippen molar-refractivity contribution in [2.24, 2.45) is 5.14 Å². The third kappa shape index (κ3) is 4.17. The molecule has 0 spiro atoms. The van der Waals surface area contributed by atoms with E-state index in [2.05, 4.69) is 6.58 Å². The molecule has 0 heterocycles. The summed E-state index contributed by atoms with van der Waals surface area (Å²) in [6, 6.07) is 2.41. The van der Waals surface area contributed by atoms with Gasteiger partial charge in [-0.3, -0.25) is 0 Å². The molecule has 0 fully saturated rings. The summed E-state index contributed by atoms with van der Waals surface area (Å²) < 4.78 is 27.7. The minimum Gasteiger partial charge on any atom is -0.490 e. The number of rotatable bonds is 5. The maximum Gasteiger partial charge on any atom is 0.238 e. The zero-order valence-electron chi connectivity index (χ0n) is 9.74. The van der Waals surface area contributed by atoms with Crippen LogP contribution in [0.4, 0.5) is 0 Å². The van der Waals surface area contributed by atoms with E-state index in [-0.39, 0.29) is 20.7 Å². The van der Waals surface area contributed by atoms with Gasteiger partial charge in [0.15, 0.2) is 5.75 Å². The third-order valence-electron chi connectivity index (χ3n) is 2.08. The van der Waals surface area contributed by atoms with Crippen LogP contribution in [0.2, 0.25) is 10.0 Å². The lowest BCUT2D eigenvalue weighted by Crippen LogP contribution is -2.12. The van der Waals surface area contributed by atoms with Crippen molar-refractivity contribution >= 4 is 33.2 Å². The minimum atomic E-state index is -3.84. The lowest BCUT2D eigenvalue weighted by atomic mass is 10.2. The zero-order valence-corrected chi connectivity index (χ0v) is 12.1. The van der Waals surface area contributed by atoms with Gasteiger partial charge in [-0.25, -0.2) is 13.6 Å². The lowest BCUT2D eigenvalue weighted by Gasteiger charge is -2.11. The van der Waals surface area contributed by atoms with Gasteiger partial charge in [0, 0.05) is 6.42 Å². The fourth-order valence-electron chi connectivity index (χ4n) is 1.17. The topological polar surface area (TPSA) is 69.4 Å². The van der Waals surface area contributed by atoms with E-state index in [4.69, 9.17) is 33.1 Å². The fourth-order valence-corrected chi connectivity index (χ4v) is 2.46. The Labute approximate surface area is 116 Å². The van der Waals surface area contributed by atoms with E-state index in [0.717, 1.165) is 5.57 Å². The van der Waals surface area contributed by atoms with Gasteiger partial charge < -0.3 is 4.74 Å². The molecule has 0 saturated carbocycles. The fraction of sp³-hybridized carbons (Fsp3) is 0.273. The van der Waals surface area contributed by atoms with E-state index >= 15 is 0 Å². The Hall–Kier alpha value is -0.750. The van der Waals surface area contributed by atoms with Crippen LogP contribution in [0.1, 0.15) is 13.3 Å². The summed E-state index contributed by atoms with van der Waals surface area (Å²) in [4.78, 5) is -0.148. The van der Waals surface area contributed by atoms with Crippen LogP contribution < -0.4 is 9.88 Å². The summed E-state index contributed by atoms with van der Waals surface area (Å²) in [5, 5.41) is 5.20. The largest absolute Gasteiger partial charge is 0.490 e. The van der Waals surface area contributed by atoms with Crippen molar-refractivity contribution in [1.29, 1.82) is 0 Å². The zero-order chi connectivity index (χ0) is 13.9. The summed E-state index contributed by atoms with van der Waals surface area (Å²) in [5.74, 6) is 0.243. The first kappa shape index (κ1) is 15.3. The Morgan fingerprint density at radius 1 is 1.39 bits per heavy atom. The van der Waals surface area contributed by atoms with Gasteiger partial charge in [-0.2, -0.15) is 0 Å². The van der Waals surface area contributed by atoms with Gasteiger partial charge in [-0.05, 0) is 19.1 Å². The molecule has 1 aromatic carbocycles. The minimum absolute atomic E-state index is 0.105. The SMILES string of the molecule is C=C(C)CCOc1c(Cl)cc(S(N)(=O)=O)cc1Cl. The average Bonchev–Trinajstić information content (AvgIpc) is 2.20. The molecule has 0 aliphatic carbocycles. The second-order valence-corrected chi connectivity index (χ2v) is 6.19. The molecule has 0 amide bonds. The third-order valence-corrected chi connectivity index (χ3v) is 3.53. The molecule has 0 aliphatic rings. The Bertz CT molecular complexity index is 547. The quantitative estimate of drug-likeness (QED) is 0.850. The number of halogens is 2. The first-order valence-electron chi connectivity index (χ1n) is 5.01.